The molecule has 3 nitrogen and oxygen atoms in total. The topological polar surface area (TPSA) is 54.7 Å². The van der Waals surface area contributed by atoms with E-state index in [0.717, 1.165) is 42.9 Å². The molecule has 0 spiro atoms. The van der Waals surface area contributed by atoms with Crippen molar-refractivity contribution < 1.29 is 4.39 Å². The summed E-state index contributed by atoms with van der Waals surface area (Å²) in [6.07, 6.45) is 7.29. The molecule has 5 heteroatoms. The van der Waals surface area contributed by atoms with E-state index in [4.69, 9.17) is 5.73 Å². The third-order valence-corrected chi connectivity index (χ3v) is 3.83. The van der Waals surface area contributed by atoms with Gasteiger partial charge in [-0.2, -0.15) is 0 Å². The summed E-state index contributed by atoms with van der Waals surface area (Å²) in [6.45, 7) is 0.768. The van der Waals surface area contributed by atoms with Crippen LogP contribution >= 0.6 is 15.9 Å². The van der Waals surface area contributed by atoms with Crippen LogP contribution in [0.2, 0.25) is 0 Å². The fraction of sp³-hybridized carbons (Fsp3) is 0.400. The van der Waals surface area contributed by atoms with Crippen LogP contribution in [0.5, 0.6) is 0 Å². The van der Waals surface area contributed by atoms with Gasteiger partial charge in [0.05, 0.1) is 16.4 Å². The molecular formula is C15H19BrFN3. The third kappa shape index (κ3) is 4.15. The zero-order valence-electron chi connectivity index (χ0n) is 11.3. The summed E-state index contributed by atoms with van der Waals surface area (Å²) in [5, 5.41) is 0. The van der Waals surface area contributed by atoms with Crippen LogP contribution in [0.1, 0.15) is 31.5 Å². The predicted octanol–water partition coefficient (Wildman–Crippen LogP) is 4.04. The normalized spacial score (nSPS) is 10.9. The summed E-state index contributed by atoms with van der Waals surface area (Å²) in [6, 6.07) is 4.96. The standard InChI is InChI=1S/C15H19BrFN3/c16-12-9-11(6-7-13(12)17)14-10-19-15(20-14)5-3-1-2-4-8-18/h6-7,9-10H,1-5,8,18H2,(H,19,20). The van der Waals surface area contributed by atoms with E-state index in [9.17, 15) is 4.39 Å². The maximum absolute atomic E-state index is 13.2. The number of nitrogens with one attached hydrogen (secondary N) is 1. The van der Waals surface area contributed by atoms with E-state index in [1.54, 1.807) is 18.3 Å². The Morgan fingerprint density at radius 3 is 2.75 bits per heavy atom. The number of unbranched alkanes of at least 4 members (excludes halogenated alkanes) is 3. The van der Waals surface area contributed by atoms with Crippen LogP contribution < -0.4 is 5.73 Å². The van der Waals surface area contributed by atoms with Crippen molar-refractivity contribution in [2.75, 3.05) is 6.54 Å². The van der Waals surface area contributed by atoms with E-state index in [2.05, 4.69) is 25.9 Å². The van der Waals surface area contributed by atoms with Gasteiger partial charge in [-0.05, 0) is 53.5 Å². The highest BCUT2D eigenvalue weighted by Crippen LogP contribution is 2.24. The lowest BCUT2D eigenvalue weighted by Crippen LogP contribution is -1.98. The van der Waals surface area contributed by atoms with Crippen LogP contribution in [0, 0.1) is 5.82 Å². The lowest BCUT2D eigenvalue weighted by molar-refractivity contribution is 0.621. The summed E-state index contributed by atoms with van der Waals surface area (Å²) < 4.78 is 13.7. The first-order chi connectivity index (χ1) is 9.70. The SMILES string of the molecule is NCCCCCCc1ncc(-c2ccc(F)c(Br)c2)[nH]1. The first kappa shape index (κ1) is 15.2. The molecule has 0 bridgehead atoms. The second kappa shape index (κ2) is 7.55. The molecule has 0 aliphatic heterocycles. The number of aryl methyl sites for hydroxylation is 1. The molecule has 1 aromatic carbocycles. The maximum atomic E-state index is 13.2. The predicted molar refractivity (Wildman–Crippen MR) is 82.9 cm³/mol. The minimum atomic E-state index is -0.256. The average Bonchev–Trinajstić information content (AvgIpc) is 2.90. The van der Waals surface area contributed by atoms with Gasteiger partial charge >= 0.3 is 0 Å². The van der Waals surface area contributed by atoms with Gasteiger partial charge in [-0.3, -0.25) is 0 Å². The number of nitrogens with zero attached hydrogens (tertiary/aromatic N) is 1. The summed E-state index contributed by atoms with van der Waals surface area (Å²) in [5.41, 5.74) is 7.31. The van der Waals surface area contributed by atoms with Crippen molar-refractivity contribution in [1.29, 1.82) is 0 Å². The monoisotopic (exact) mass is 339 g/mol. The first-order valence-electron chi connectivity index (χ1n) is 6.90. The molecule has 0 fully saturated rings. The highest BCUT2D eigenvalue weighted by molar-refractivity contribution is 9.10. The number of rotatable bonds is 7. The van der Waals surface area contributed by atoms with Gasteiger partial charge in [-0.25, -0.2) is 9.37 Å². The zero-order chi connectivity index (χ0) is 14.4. The molecule has 0 saturated heterocycles. The van der Waals surface area contributed by atoms with Crippen molar-refractivity contribution in [3.63, 3.8) is 0 Å². The fourth-order valence-electron chi connectivity index (χ4n) is 2.09. The largest absolute Gasteiger partial charge is 0.342 e. The van der Waals surface area contributed by atoms with Crippen LogP contribution in [-0.2, 0) is 6.42 Å². The molecule has 1 aromatic heterocycles. The molecule has 0 aliphatic carbocycles. The Hall–Kier alpha value is -1.20. The summed E-state index contributed by atoms with van der Waals surface area (Å²) in [5.74, 6) is 0.724. The molecule has 108 valence electrons. The molecule has 3 N–H and O–H groups in total. The Morgan fingerprint density at radius 2 is 2.00 bits per heavy atom. The Bertz CT molecular complexity index is 554. The molecular weight excluding hydrogens is 321 g/mol. The minimum Gasteiger partial charge on any atom is -0.342 e. The van der Waals surface area contributed by atoms with Gasteiger partial charge in [0.15, 0.2) is 0 Å². The molecule has 0 saturated carbocycles. The highest BCUT2D eigenvalue weighted by atomic mass is 79.9. The molecule has 0 aliphatic rings. The number of benzene rings is 1. The number of halogens is 2. The molecule has 0 radical (unpaired) electrons. The van der Waals surface area contributed by atoms with Gasteiger partial charge < -0.3 is 10.7 Å². The van der Waals surface area contributed by atoms with E-state index >= 15 is 0 Å². The van der Waals surface area contributed by atoms with Crippen molar-refractivity contribution in [2.45, 2.75) is 32.1 Å². The number of aromatic amines is 1. The van der Waals surface area contributed by atoms with Crippen LogP contribution in [0.4, 0.5) is 4.39 Å². The number of H-pyrrole nitrogens is 1. The van der Waals surface area contributed by atoms with E-state index < -0.39 is 0 Å². The van der Waals surface area contributed by atoms with Crippen molar-refractivity contribution in [1.82, 2.24) is 9.97 Å². The van der Waals surface area contributed by atoms with Gasteiger partial charge in [0.1, 0.15) is 11.6 Å². The second-order valence-corrected chi connectivity index (χ2v) is 5.68. The lowest BCUT2D eigenvalue weighted by atomic mass is 10.1. The van der Waals surface area contributed by atoms with Crippen LogP contribution in [0.15, 0.2) is 28.9 Å². The minimum absolute atomic E-state index is 0.256. The molecule has 2 rings (SSSR count). The zero-order valence-corrected chi connectivity index (χ0v) is 12.9. The first-order valence-corrected chi connectivity index (χ1v) is 7.69. The fourth-order valence-corrected chi connectivity index (χ4v) is 2.47. The Balaban J connectivity index is 1.93. The third-order valence-electron chi connectivity index (χ3n) is 3.23. The molecule has 1 heterocycles. The van der Waals surface area contributed by atoms with E-state index in [1.807, 2.05) is 0 Å². The number of imidazole rings is 1. The Labute approximate surface area is 126 Å². The van der Waals surface area contributed by atoms with E-state index in [1.165, 1.54) is 18.9 Å². The van der Waals surface area contributed by atoms with Gasteiger partial charge in [-0.15, -0.1) is 0 Å². The molecule has 0 atom stereocenters. The number of hydrogen-bond donors (Lipinski definition) is 2. The van der Waals surface area contributed by atoms with Crippen LogP contribution in [-0.4, -0.2) is 16.5 Å². The van der Waals surface area contributed by atoms with Gasteiger partial charge in [-0.1, -0.05) is 12.8 Å². The number of aromatic nitrogens is 2. The van der Waals surface area contributed by atoms with Crippen molar-refractivity contribution in [2.24, 2.45) is 5.73 Å². The molecule has 2 aromatic rings. The van der Waals surface area contributed by atoms with Crippen molar-refractivity contribution in [3.8, 4) is 11.3 Å². The van der Waals surface area contributed by atoms with Gasteiger partial charge in [0.2, 0.25) is 0 Å². The summed E-state index contributed by atoms with van der Waals surface area (Å²) in [4.78, 5) is 7.66. The average molecular weight is 340 g/mol. The van der Waals surface area contributed by atoms with Crippen molar-refractivity contribution >= 4 is 15.9 Å². The van der Waals surface area contributed by atoms with Crippen molar-refractivity contribution in [3.05, 3.63) is 40.5 Å². The van der Waals surface area contributed by atoms with Gasteiger partial charge in [0, 0.05) is 12.0 Å². The molecule has 0 unspecified atom stereocenters. The Morgan fingerprint density at radius 1 is 1.20 bits per heavy atom. The van der Waals surface area contributed by atoms with Crippen LogP contribution in [0.3, 0.4) is 0 Å². The van der Waals surface area contributed by atoms with Gasteiger partial charge in [0.25, 0.3) is 0 Å². The summed E-state index contributed by atoms with van der Waals surface area (Å²) in [7, 11) is 0. The Kier molecular flexibility index (Phi) is 5.73. The lowest BCUT2D eigenvalue weighted by Gasteiger charge is -2.00. The number of hydrogen-bond acceptors (Lipinski definition) is 2. The number of nitrogens with two attached hydrogens (primary N) is 1. The maximum Gasteiger partial charge on any atom is 0.137 e. The molecule has 20 heavy (non-hydrogen) atoms. The second-order valence-electron chi connectivity index (χ2n) is 4.83. The smallest absolute Gasteiger partial charge is 0.137 e. The summed E-state index contributed by atoms with van der Waals surface area (Å²) >= 11 is 3.20. The quantitative estimate of drug-likeness (QED) is 0.748. The van der Waals surface area contributed by atoms with Crippen LogP contribution in [0.25, 0.3) is 11.3 Å². The highest BCUT2D eigenvalue weighted by Gasteiger charge is 2.06. The van der Waals surface area contributed by atoms with E-state index in [-0.39, 0.29) is 5.82 Å². The van der Waals surface area contributed by atoms with E-state index in [0.29, 0.717) is 4.47 Å². The molecule has 0 amide bonds.